The summed E-state index contributed by atoms with van der Waals surface area (Å²) in [6, 6.07) is 21.0. The molecule has 0 fully saturated rings. The Morgan fingerprint density at radius 3 is 2.58 bits per heavy atom. The summed E-state index contributed by atoms with van der Waals surface area (Å²) in [6.07, 6.45) is 1.67. The first-order valence-electron chi connectivity index (χ1n) is 9.67. The van der Waals surface area contributed by atoms with Crippen LogP contribution in [0.4, 0.5) is 0 Å². The van der Waals surface area contributed by atoms with Crippen LogP contribution in [0, 0.1) is 6.92 Å². The summed E-state index contributed by atoms with van der Waals surface area (Å²) < 4.78 is 17.7. The Morgan fingerprint density at radius 2 is 1.84 bits per heavy atom. The molecule has 0 unspecified atom stereocenters. The van der Waals surface area contributed by atoms with Crippen LogP contribution >= 0.6 is 15.9 Å². The molecule has 0 bridgehead atoms. The fourth-order valence-electron chi connectivity index (χ4n) is 3.14. The summed E-state index contributed by atoms with van der Waals surface area (Å²) in [7, 11) is 1.58. The maximum atomic E-state index is 12.3. The van der Waals surface area contributed by atoms with Crippen LogP contribution in [0.1, 0.15) is 22.3 Å². The van der Waals surface area contributed by atoms with Gasteiger partial charge in [-0.05, 0) is 60.5 Å². The van der Waals surface area contributed by atoms with Crippen molar-refractivity contribution in [1.82, 2.24) is 0 Å². The minimum absolute atomic E-state index is 0.230. The number of halogens is 1. The molecule has 156 valence electrons. The average molecular weight is 478 g/mol. The second-order valence-corrected chi connectivity index (χ2v) is 7.95. The molecule has 3 aromatic carbocycles. The number of carbonyl (C=O) groups excluding carboxylic acids is 1. The van der Waals surface area contributed by atoms with Gasteiger partial charge in [-0.2, -0.15) is 0 Å². The highest BCUT2D eigenvalue weighted by Gasteiger charge is 2.24. The molecule has 0 saturated carbocycles. The fraction of sp³-hybridized carbons (Fsp3) is 0.120. The maximum Gasteiger partial charge on any atom is 0.363 e. The Hall–Kier alpha value is -3.38. The van der Waals surface area contributed by atoms with Gasteiger partial charge >= 0.3 is 5.97 Å². The van der Waals surface area contributed by atoms with Crippen LogP contribution in [0.5, 0.6) is 11.5 Å². The van der Waals surface area contributed by atoms with Crippen LogP contribution in [0.3, 0.4) is 0 Å². The molecule has 0 spiro atoms. The van der Waals surface area contributed by atoms with Crippen LogP contribution < -0.4 is 9.47 Å². The van der Waals surface area contributed by atoms with E-state index >= 15 is 0 Å². The van der Waals surface area contributed by atoms with Gasteiger partial charge in [0.1, 0.15) is 6.61 Å². The zero-order valence-corrected chi connectivity index (χ0v) is 18.7. The highest BCUT2D eigenvalue weighted by molar-refractivity contribution is 9.10. The third kappa shape index (κ3) is 5.03. The van der Waals surface area contributed by atoms with Gasteiger partial charge < -0.3 is 14.2 Å². The van der Waals surface area contributed by atoms with Gasteiger partial charge in [-0.25, -0.2) is 9.79 Å². The molecule has 0 amide bonds. The third-order valence-corrected chi connectivity index (χ3v) is 5.21. The molecule has 0 radical (unpaired) electrons. The predicted molar refractivity (Wildman–Crippen MR) is 123 cm³/mol. The van der Waals surface area contributed by atoms with Gasteiger partial charge in [0.2, 0.25) is 5.90 Å². The molecular formula is C25H20BrNO4. The number of rotatable bonds is 6. The number of carbonyl (C=O) groups is 1. The zero-order chi connectivity index (χ0) is 21.8. The van der Waals surface area contributed by atoms with E-state index < -0.39 is 5.97 Å². The van der Waals surface area contributed by atoms with Crippen LogP contribution in [0.2, 0.25) is 0 Å². The fourth-order valence-corrected chi connectivity index (χ4v) is 3.40. The number of nitrogens with zero attached hydrogens (tertiary/aromatic N) is 1. The van der Waals surface area contributed by atoms with E-state index in [0.717, 1.165) is 21.2 Å². The minimum Gasteiger partial charge on any atom is -0.493 e. The summed E-state index contributed by atoms with van der Waals surface area (Å²) in [6.45, 7) is 2.48. The van der Waals surface area contributed by atoms with Gasteiger partial charge in [0.05, 0.1) is 7.11 Å². The Morgan fingerprint density at radius 1 is 1.03 bits per heavy atom. The summed E-state index contributed by atoms with van der Waals surface area (Å²) >= 11 is 3.39. The van der Waals surface area contributed by atoms with E-state index in [2.05, 4.69) is 27.0 Å². The normalized spacial score (nSPS) is 14.4. The van der Waals surface area contributed by atoms with Gasteiger partial charge in [-0.15, -0.1) is 0 Å². The highest BCUT2D eigenvalue weighted by atomic mass is 79.9. The molecule has 5 nitrogen and oxygen atoms in total. The molecule has 1 heterocycles. The number of benzene rings is 3. The van der Waals surface area contributed by atoms with Crippen molar-refractivity contribution in [3.05, 3.63) is 99.2 Å². The largest absolute Gasteiger partial charge is 0.493 e. The van der Waals surface area contributed by atoms with Gasteiger partial charge in [-0.3, -0.25) is 0 Å². The smallest absolute Gasteiger partial charge is 0.363 e. The number of methoxy groups -OCH3 is 1. The Labute approximate surface area is 189 Å². The molecule has 6 heteroatoms. The number of esters is 1. The number of cyclic esters (lactones) is 1. The van der Waals surface area contributed by atoms with E-state index in [1.807, 2.05) is 61.5 Å². The topological polar surface area (TPSA) is 57.1 Å². The van der Waals surface area contributed by atoms with Crippen LogP contribution in [-0.4, -0.2) is 19.0 Å². The van der Waals surface area contributed by atoms with Crippen molar-refractivity contribution in [1.29, 1.82) is 0 Å². The number of ether oxygens (including phenoxy) is 3. The first-order chi connectivity index (χ1) is 15.0. The summed E-state index contributed by atoms with van der Waals surface area (Å²) in [5, 5.41) is 0. The molecule has 1 aliphatic rings. The molecular weight excluding hydrogens is 458 g/mol. The first kappa shape index (κ1) is 20.9. The highest BCUT2D eigenvalue weighted by Crippen LogP contribution is 2.30. The quantitative estimate of drug-likeness (QED) is 0.338. The Kier molecular flexibility index (Phi) is 6.18. The van der Waals surface area contributed by atoms with Crippen molar-refractivity contribution < 1.29 is 19.0 Å². The lowest BCUT2D eigenvalue weighted by Gasteiger charge is -2.12. The third-order valence-electron chi connectivity index (χ3n) is 4.68. The molecule has 31 heavy (non-hydrogen) atoms. The standard InChI is InChI=1S/C25H20BrNO4/c1-16-4-3-5-18(12-16)15-30-22-11-6-17(14-23(22)29-2)13-21-25(28)31-24(27-21)19-7-9-20(26)10-8-19/h3-14H,15H2,1-2H3/b21-13-. The molecule has 0 saturated heterocycles. The second-order valence-electron chi connectivity index (χ2n) is 7.03. The summed E-state index contributed by atoms with van der Waals surface area (Å²) in [5.74, 6) is 0.996. The van der Waals surface area contributed by atoms with Crippen LogP contribution in [0.15, 0.2) is 81.9 Å². The number of aryl methyl sites for hydroxylation is 1. The van der Waals surface area contributed by atoms with Gasteiger partial charge in [0, 0.05) is 10.0 Å². The lowest BCUT2D eigenvalue weighted by Crippen LogP contribution is -2.05. The molecule has 0 atom stereocenters. The van der Waals surface area contributed by atoms with Crippen molar-refractivity contribution in [2.45, 2.75) is 13.5 Å². The minimum atomic E-state index is -0.489. The van der Waals surface area contributed by atoms with E-state index in [1.165, 1.54) is 5.56 Å². The summed E-state index contributed by atoms with van der Waals surface area (Å²) in [5.41, 5.74) is 3.98. The maximum absolute atomic E-state index is 12.3. The van der Waals surface area contributed by atoms with E-state index in [4.69, 9.17) is 14.2 Å². The zero-order valence-electron chi connectivity index (χ0n) is 17.1. The molecule has 3 aromatic rings. The van der Waals surface area contributed by atoms with Crippen molar-refractivity contribution in [2.75, 3.05) is 7.11 Å². The van der Waals surface area contributed by atoms with E-state index in [0.29, 0.717) is 18.1 Å². The van der Waals surface area contributed by atoms with E-state index in [-0.39, 0.29) is 11.6 Å². The lowest BCUT2D eigenvalue weighted by molar-refractivity contribution is -0.129. The van der Waals surface area contributed by atoms with Crippen molar-refractivity contribution in [2.24, 2.45) is 4.99 Å². The predicted octanol–water partition coefficient (Wildman–Crippen LogP) is 5.69. The van der Waals surface area contributed by atoms with E-state index in [9.17, 15) is 4.79 Å². The molecule has 4 rings (SSSR count). The Bertz CT molecular complexity index is 1180. The first-order valence-corrected chi connectivity index (χ1v) is 10.5. The van der Waals surface area contributed by atoms with Crippen molar-refractivity contribution in [3.8, 4) is 11.5 Å². The number of hydrogen-bond donors (Lipinski definition) is 0. The number of hydrogen-bond acceptors (Lipinski definition) is 5. The van der Waals surface area contributed by atoms with Gasteiger partial charge in [0.25, 0.3) is 0 Å². The van der Waals surface area contributed by atoms with Gasteiger partial charge in [0.15, 0.2) is 17.2 Å². The van der Waals surface area contributed by atoms with Crippen molar-refractivity contribution >= 4 is 33.9 Å². The van der Waals surface area contributed by atoms with Gasteiger partial charge in [-0.1, -0.05) is 51.8 Å². The van der Waals surface area contributed by atoms with E-state index in [1.54, 1.807) is 19.3 Å². The monoisotopic (exact) mass is 477 g/mol. The summed E-state index contributed by atoms with van der Waals surface area (Å²) in [4.78, 5) is 16.6. The molecule has 1 aliphatic heterocycles. The van der Waals surface area contributed by atoms with Crippen molar-refractivity contribution in [3.63, 3.8) is 0 Å². The average Bonchev–Trinajstić information content (AvgIpc) is 3.13. The Balaban J connectivity index is 1.53. The molecule has 0 aliphatic carbocycles. The number of aliphatic imine (C=N–C) groups is 1. The second kappa shape index (κ2) is 9.18. The molecule has 0 N–H and O–H groups in total. The SMILES string of the molecule is COc1cc(/C=C2\N=C(c3ccc(Br)cc3)OC2=O)ccc1OCc1cccc(C)c1. The van der Waals surface area contributed by atoms with Crippen LogP contribution in [-0.2, 0) is 16.1 Å². The van der Waals surface area contributed by atoms with Crippen LogP contribution in [0.25, 0.3) is 6.08 Å². The lowest BCUT2D eigenvalue weighted by atomic mass is 10.1. The molecule has 0 aromatic heterocycles.